The van der Waals surface area contributed by atoms with Crippen LogP contribution in [0.3, 0.4) is 0 Å². The van der Waals surface area contributed by atoms with Crippen molar-refractivity contribution in [3.05, 3.63) is 65.7 Å². The van der Waals surface area contributed by atoms with Crippen LogP contribution in [0.1, 0.15) is 71.9 Å². The van der Waals surface area contributed by atoms with Crippen LogP contribution in [0.4, 0.5) is 0 Å². The Morgan fingerprint density at radius 1 is 0.943 bits per heavy atom. The summed E-state index contributed by atoms with van der Waals surface area (Å²) in [7, 11) is 0. The summed E-state index contributed by atoms with van der Waals surface area (Å²) in [6, 6.07) is 19.3. The molecule has 0 aromatic heterocycles. The topological polar surface area (TPSA) is 29.5 Å². The van der Waals surface area contributed by atoms with Crippen LogP contribution in [-0.4, -0.2) is 48.5 Å². The predicted octanol–water partition coefficient (Wildman–Crippen LogP) is 3.63. The van der Waals surface area contributed by atoms with E-state index in [2.05, 4.69) is 96.1 Å². The van der Waals surface area contributed by atoms with E-state index in [1.807, 2.05) is 0 Å². The average molecular weight is 502 g/mol. The lowest BCUT2D eigenvalue weighted by molar-refractivity contribution is -0.936. The van der Waals surface area contributed by atoms with Crippen molar-refractivity contribution in [2.75, 3.05) is 32.8 Å². The Kier molecular flexibility index (Phi) is 10.7. The van der Waals surface area contributed by atoms with E-state index in [1.54, 1.807) is 0 Å². The van der Waals surface area contributed by atoms with Crippen LogP contribution in [0.25, 0.3) is 0 Å². The van der Waals surface area contributed by atoms with Crippen LogP contribution < -0.4 is 17.1 Å². The van der Waals surface area contributed by atoms with E-state index in [-0.39, 0.29) is 23.2 Å². The highest BCUT2D eigenvalue weighted by Gasteiger charge is 2.34. The van der Waals surface area contributed by atoms with Crippen LogP contribution in [0.5, 0.6) is 5.75 Å². The number of piperidine rings is 1. The molecular weight excluding hydrogens is 454 g/mol. The summed E-state index contributed by atoms with van der Waals surface area (Å²) < 4.78 is 7.05. The summed E-state index contributed by atoms with van der Waals surface area (Å²) in [5, 5.41) is 11.0. The van der Waals surface area contributed by atoms with Crippen LogP contribution in [0.2, 0.25) is 0 Å². The number of ether oxygens (including phenoxy) is 1. The second-order valence-electron chi connectivity index (χ2n) is 12.7. The highest BCUT2D eigenvalue weighted by atomic mass is 35.5. The molecular formula is C31H48ClNO2. The zero-order chi connectivity index (χ0) is 24.8. The van der Waals surface area contributed by atoms with Gasteiger partial charge in [0.2, 0.25) is 0 Å². The molecule has 3 nitrogen and oxygen atoms in total. The third-order valence-electron chi connectivity index (χ3n) is 7.56. The lowest BCUT2D eigenvalue weighted by Crippen LogP contribution is -3.00. The quantitative estimate of drug-likeness (QED) is 0.504. The van der Waals surface area contributed by atoms with Gasteiger partial charge in [-0.05, 0) is 59.3 Å². The third-order valence-corrected chi connectivity index (χ3v) is 7.56. The molecule has 1 N–H and O–H groups in total. The van der Waals surface area contributed by atoms with Gasteiger partial charge in [-0.2, -0.15) is 0 Å². The van der Waals surface area contributed by atoms with Gasteiger partial charge in [-0.25, -0.2) is 0 Å². The van der Waals surface area contributed by atoms with Gasteiger partial charge in [0.15, 0.2) is 0 Å². The monoisotopic (exact) mass is 501 g/mol. The SMILES string of the molecule is CC1CC[N+](CCc2ccccc2)(CC(O)COc2ccc(C(C)(C)CC(C)(C)C)cc2)CC1.[Cl-]. The zero-order valence-electron chi connectivity index (χ0n) is 22.9. The molecule has 1 saturated heterocycles. The summed E-state index contributed by atoms with van der Waals surface area (Å²) in [6.45, 7) is 18.4. The van der Waals surface area contributed by atoms with Crippen LogP contribution in [-0.2, 0) is 11.8 Å². The van der Waals surface area contributed by atoms with E-state index in [1.165, 1.54) is 24.0 Å². The van der Waals surface area contributed by atoms with Crippen molar-refractivity contribution in [2.45, 2.75) is 78.7 Å². The molecule has 4 heteroatoms. The molecule has 1 unspecified atom stereocenters. The summed E-state index contributed by atoms with van der Waals surface area (Å²) in [6.07, 6.45) is 4.22. The number of rotatable bonds is 10. The van der Waals surface area contributed by atoms with Crippen molar-refractivity contribution in [1.82, 2.24) is 0 Å². The molecule has 0 saturated carbocycles. The van der Waals surface area contributed by atoms with E-state index >= 15 is 0 Å². The van der Waals surface area contributed by atoms with E-state index < -0.39 is 6.10 Å². The van der Waals surface area contributed by atoms with Gasteiger partial charge in [-0.1, -0.05) is 84.0 Å². The fraction of sp³-hybridized carbons (Fsp3) is 0.613. The molecule has 0 bridgehead atoms. The predicted molar refractivity (Wildman–Crippen MR) is 143 cm³/mol. The summed E-state index contributed by atoms with van der Waals surface area (Å²) in [5.74, 6) is 1.63. The maximum absolute atomic E-state index is 11.0. The molecule has 2 aromatic carbocycles. The molecule has 0 aliphatic carbocycles. The van der Waals surface area contributed by atoms with Crippen molar-refractivity contribution < 1.29 is 26.7 Å². The van der Waals surface area contributed by atoms with Gasteiger partial charge in [0.1, 0.15) is 25.0 Å². The Morgan fingerprint density at radius 3 is 2.11 bits per heavy atom. The molecule has 1 heterocycles. The Hall–Kier alpha value is -1.55. The molecule has 1 aliphatic rings. The van der Waals surface area contributed by atoms with Crippen molar-refractivity contribution in [3.8, 4) is 5.75 Å². The molecule has 2 aromatic rings. The zero-order valence-corrected chi connectivity index (χ0v) is 23.7. The molecule has 196 valence electrons. The van der Waals surface area contributed by atoms with Gasteiger partial charge in [-0.3, -0.25) is 0 Å². The Bertz CT molecular complexity index is 865. The maximum atomic E-state index is 11.0. The second-order valence-corrected chi connectivity index (χ2v) is 12.7. The molecule has 0 amide bonds. The summed E-state index contributed by atoms with van der Waals surface area (Å²) in [5.41, 5.74) is 3.13. The molecule has 0 spiro atoms. The van der Waals surface area contributed by atoms with E-state index in [0.717, 1.165) is 55.2 Å². The first-order valence-corrected chi connectivity index (χ1v) is 13.3. The molecule has 1 aliphatic heterocycles. The fourth-order valence-corrected chi connectivity index (χ4v) is 5.88. The Labute approximate surface area is 220 Å². The molecule has 35 heavy (non-hydrogen) atoms. The minimum absolute atomic E-state index is 0. The average Bonchev–Trinajstić information content (AvgIpc) is 2.78. The molecule has 0 radical (unpaired) electrons. The third kappa shape index (κ3) is 9.44. The molecule has 1 atom stereocenters. The highest BCUT2D eigenvalue weighted by Crippen LogP contribution is 2.36. The first-order valence-electron chi connectivity index (χ1n) is 13.3. The number of quaternary nitrogens is 1. The maximum Gasteiger partial charge on any atom is 0.137 e. The van der Waals surface area contributed by atoms with E-state index in [0.29, 0.717) is 6.61 Å². The first-order chi connectivity index (χ1) is 16.0. The minimum Gasteiger partial charge on any atom is -1.00 e. The van der Waals surface area contributed by atoms with Gasteiger partial charge in [-0.15, -0.1) is 0 Å². The molecule has 1 fully saturated rings. The van der Waals surface area contributed by atoms with E-state index in [9.17, 15) is 5.11 Å². The number of halogens is 1. The summed E-state index contributed by atoms with van der Waals surface area (Å²) >= 11 is 0. The van der Waals surface area contributed by atoms with E-state index in [4.69, 9.17) is 4.74 Å². The first kappa shape index (κ1) is 29.7. The van der Waals surface area contributed by atoms with Gasteiger partial charge < -0.3 is 26.7 Å². The normalized spacial score (nSPS) is 21.7. The van der Waals surface area contributed by atoms with Crippen molar-refractivity contribution in [3.63, 3.8) is 0 Å². The number of hydrogen-bond acceptors (Lipinski definition) is 2. The standard InChI is InChI=1S/C31H48NO2.ClH/c1-25-16-19-32(20-17-25,21-18-26-10-8-7-9-11-26)22-28(33)23-34-29-14-12-27(13-15-29)31(5,6)24-30(2,3)4;/h7-15,25,28,33H,16-24H2,1-6H3;1H/q+1;/p-1. The molecule has 3 rings (SSSR count). The highest BCUT2D eigenvalue weighted by molar-refractivity contribution is 5.31. The number of benzene rings is 2. The number of likely N-dealkylation sites (tertiary alicyclic amines) is 1. The van der Waals surface area contributed by atoms with Crippen LogP contribution >= 0.6 is 0 Å². The lowest BCUT2D eigenvalue weighted by Gasteiger charge is -2.44. The van der Waals surface area contributed by atoms with Gasteiger partial charge >= 0.3 is 0 Å². The number of aliphatic hydroxyl groups is 1. The number of aliphatic hydroxyl groups excluding tert-OH is 1. The Morgan fingerprint density at radius 2 is 1.54 bits per heavy atom. The lowest BCUT2D eigenvalue weighted by atomic mass is 9.72. The van der Waals surface area contributed by atoms with Gasteiger partial charge in [0.05, 0.1) is 19.6 Å². The van der Waals surface area contributed by atoms with Crippen LogP contribution in [0, 0.1) is 11.3 Å². The van der Waals surface area contributed by atoms with Gasteiger partial charge in [0.25, 0.3) is 0 Å². The Balaban J connectivity index is 0.00000432. The number of hydrogen-bond donors (Lipinski definition) is 1. The number of nitrogens with zero attached hydrogens (tertiary/aromatic N) is 1. The van der Waals surface area contributed by atoms with Crippen molar-refractivity contribution in [1.29, 1.82) is 0 Å². The van der Waals surface area contributed by atoms with Crippen molar-refractivity contribution in [2.24, 2.45) is 11.3 Å². The fourth-order valence-electron chi connectivity index (χ4n) is 5.88. The largest absolute Gasteiger partial charge is 1.00 e. The smallest absolute Gasteiger partial charge is 0.137 e. The second kappa shape index (κ2) is 12.6. The van der Waals surface area contributed by atoms with Crippen molar-refractivity contribution >= 4 is 0 Å². The van der Waals surface area contributed by atoms with Crippen LogP contribution in [0.15, 0.2) is 54.6 Å². The summed E-state index contributed by atoms with van der Waals surface area (Å²) in [4.78, 5) is 0. The van der Waals surface area contributed by atoms with Gasteiger partial charge in [0, 0.05) is 6.42 Å². The minimum atomic E-state index is -0.457.